The van der Waals surface area contributed by atoms with Gasteiger partial charge in [0.1, 0.15) is 17.1 Å². The first-order valence-corrected chi connectivity index (χ1v) is 9.76. The normalized spacial score (nSPS) is 10.7. The van der Waals surface area contributed by atoms with E-state index in [1.54, 1.807) is 23.2 Å². The molecule has 2 rings (SSSR count). The standard InChI is InChI=1S/C22H29N3O4/c1-6-28-18-11-9-17(10-12-18)24-21-19(8-7-13-23-21)22(27)29-14-20(26)25(15(2)3)16(4)5/h7-13,15-16H,6,14H2,1-5H3,(H,23,24). The van der Waals surface area contributed by atoms with Gasteiger partial charge in [-0.15, -0.1) is 0 Å². The Morgan fingerprint density at radius 2 is 1.72 bits per heavy atom. The molecule has 0 atom stereocenters. The maximum atomic E-state index is 12.6. The minimum Gasteiger partial charge on any atom is -0.494 e. The zero-order valence-corrected chi connectivity index (χ0v) is 17.6. The topological polar surface area (TPSA) is 80.8 Å². The second-order valence-electron chi connectivity index (χ2n) is 7.05. The van der Waals surface area contributed by atoms with E-state index in [1.165, 1.54) is 0 Å². The van der Waals surface area contributed by atoms with Crippen LogP contribution in [-0.2, 0) is 9.53 Å². The van der Waals surface area contributed by atoms with E-state index in [9.17, 15) is 9.59 Å². The Balaban J connectivity index is 2.07. The Morgan fingerprint density at radius 3 is 2.31 bits per heavy atom. The van der Waals surface area contributed by atoms with Crippen LogP contribution < -0.4 is 10.1 Å². The highest BCUT2D eigenvalue weighted by Gasteiger charge is 2.22. The molecule has 1 aromatic carbocycles. The maximum Gasteiger partial charge on any atom is 0.342 e. The molecule has 1 aromatic heterocycles. The predicted molar refractivity (Wildman–Crippen MR) is 113 cm³/mol. The Hall–Kier alpha value is -3.09. The van der Waals surface area contributed by atoms with Crippen LogP contribution >= 0.6 is 0 Å². The number of nitrogens with zero attached hydrogens (tertiary/aromatic N) is 2. The summed E-state index contributed by atoms with van der Waals surface area (Å²) >= 11 is 0. The van der Waals surface area contributed by atoms with E-state index in [0.717, 1.165) is 11.4 Å². The summed E-state index contributed by atoms with van der Waals surface area (Å²) in [6.45, 7) is 9.92. The van der Waals surface area contributed by atoms with Crippen LogP contribution in [0.15, 0.2) is 42.6 Å². The molecule has 0 saturated carbocycles. The highest BCUT2D eigenvalue weighted by molar-refractivity contribution is 5.96. The molecule has 1 heterocycles. The lowest BCUT2D eigenvalue weighted by Crippen LogP contribution is -2.44. The molecule has 0 bridgehead atoms. The van der Waals surface area contributed by atoms with Crippen molar-refractivity contribution in [3.63, 3.8) is 0 Å². The summed E-state index contributed by atoms with van der Waals surface area (Å²) in [5.74, 6) is 0.288. The number of ether oxygens (including phenoxy) is 2. The molecule has 7 heteroatoms. The number of rotatable bonds is 9. The van der Waals surface area contributed by atoms with Gasteiger partial charge >= 0.3 is 5.97 Å². The first-order valence-electron chi connectivity index (χ1n) is 9.76. The largest absolute Gasteiger partial charge is 0.494 e. The number of amides is 1. The second-order valence-corrected chi connectivity index (χ2v) is 7.05. The van der Waals surface area contributed by atoms with Crippen LogP contribution in [0.25, 0.3) is 0 Å². The molecule has 0 radical (unpaired) electrons. The number of anilines is 2. The van der Waals surface area contributed by atoms with Crippen molar-refractivity contribution in [2.24, 2.45) is 0 Å². The first kappa shape index (κ1) is 22.2. The van der Waals surface area contributed by atoms with Crippen LogP contribution in [0, 0.1) is 0 Å². The van der Waals surface area contributed by atoms with Crippen LogP contribution in [0.5, 0.6) is 5.75 Å². The fourth-order valence-electron chi connectivity index (χ4n) is 3.06. The fraction of sp³-hybridized carbons (Fsp3) is 0.409. The minimum atomic E-state index is -0.604. The molecule has 0 fully saturated rings. The quantitative estimate of drug-likeness (QED) is 0.641. The number of hydrogen-bond donors (Lipinski definition) is 1. The van der Waals surface area contributed by atoms with Crippen molar-refractivity contribution in [1.29, 1.82) is 0 Å². The smallest absolute Gasteiger partial charge is 0.342 e. The van der Waals surface area contributed by atoms with Crippen LogP contribution in [-0.4, -0.2) is 47.1 Å². The van der Waals surface area contributed by atoms with Gasteiger partial charge in [-0.1, -0.05) is 0 Å². The van der Waals surface area contributed by atoms with Gasteiger partial charge in [0.15, 0.2) is 6.61 Å². The Labute approximate surface area is 172 Å². The molecule has 0 unspecified atom stereocenters. The van der Waals surface area contributed by atoms with E-state index in [4.69, 9.17) is 9.47 Å². The zero-order valence-electron chi connectivity index (χ0n) is 17.6. The van der Waals surface area contributed by atoms with Crippen LogP contribution in [0.2, 0.25) is 0 Å². The molecule has 156 valence electrons. The van der Waals surface area contributed by atoms with Gasteiger partial charge in [0.2, 0.25) is 0 Å². The summed E-state index contributed by atoms with van der Waals surface area (Å²) < 4.78 is 10.7. The molecule has 29 heavy (non-hydrogen) atoms. The molecule has 1 amide bonds. The monoisotopic (exact) mass is 399 g/mol. The van der Waals surface area contributed by atoms with Gasteiger partial charge < -0.3 is 19.7 Å². The van der Waals surface area contributed by atoms with Crippen molar-refractivity contribution in [3.8, 4) is 5.75 Å². The summed E-state index contributed by atoms with van der Waals surface area (Å²) in [7, 11) is 0. The van der Waals surface area contributed by atoms with Gasteiger partial charge in [0.25, 0.3) is 5.91 Å². The lowest BCUT2D eigenvalue weighted by atomic mass is 10.2. The molecule has 0 aliphatic carbocycles. The number of hydrogen-bond acceptors (Lipinski definition) is 6. The van der Waals surface area contributed by atoms with E-state index < -0.39 is 5.97 Å². The number of carbonyl (C=O) groups is 2. The molecular weight excluding hydrogens is 370 g/mol. The summed E-state index contributed by atoms with van der Waals surface area (Å²) in [5, 5.41) is 3.11. The van der Waals surface area contributed by atoms with Gasteiger partial charge in [0, 0.05) is 24.0 Å². The van der Waals surface area contributed by atoms with Gasteiger partial charge in [-0.05, 0) is 71.0 Å². The van der Waals surface area contributed by atoms with Crippen molar-refractivity contribution in [2.45, 2.75) is 46.7 Å². The molecule has 7 nitrogen and oxygen atoms in total. The fourth-order valence-corrected chi connectivity index (χ4v) is 3.06. The SMILES string of the molecule is CCOc1ccc(Nc2ncccc2C(=O)OCC(=O)N(C(C)C)C(C)C)cc1. The van der Waals surface area contributed by atoms with Gasteiger partial charge in [0.05, 0.1) is 6.61 Å². The highest BCUT2D eigenvalue weighted by atomic mass is 16.5. The molecular formula is C22H29N3O4. The third-order valence-corrected chi connectivity index (χ3v) is 4.18. The van der Waals surface area contributed by atoms with Gasteiger partial charge in [-0.2, -0.15) is 0 Å². The first-order chi connectivity index (χ1) is 13.8. The predicted octanol–water partition coefficient (Wildman–Crippen LogP) is 4.03. The number of aromatic nitrogens is 1. The third-order valence-electron chi connectivity index (χ3n) is 4.18. The number of nitrogens with one attached hydrogen (secondary N) is 1. The Kier molecular flexibility index (Phi) is 8.00. The van der Waals surface area contributed by atoms with Crippen LogP contribution in [0.3, 0.4) is 0 Å². The van der Waals surface area contributed by atoms with E-state index in [-0.39, 0.29) is 30.2 Å². The summed E-state index contributed by atoms with van der Waals surface area (Å²) in [6, 6.07) is 10.6. The van der Waals surface area contributed by atoms with Crippen LogP contribution in [0.4, 0.5) is 11.5 Å². The summed E-state index contributed by atoms with van der Waals surface area (Å²) in [6.07, 6.45) is 1.58. The van der Waals surface area contributed by atoms with Gasteiger partial charge in [-0.3, -0.25) is 4.79 Å². The van der Waals surface area contributed by atoms with Crippen molar-refractivity contribution in [2.75, 3.05) is 18.5 Å². The average molecular weight is 399 g/mol. The van der Waals surface area contributed by atoms with E-state index in [0.29, 0.717) is 12.4 Å². The Bertz CT molecular complexity index is 811. The molecule has 0 saturated heterocycles. The number of pyridine rings is 1. The molecule has 0 aliphatic heterocycles. The molecule has 2 aromatic rings. The second kappa shape index (κ2) is 10.5. The molecule has 1 N–H and O–H groups in total. The average Bonchev–Trinajstić information content (AvgIpc) is 2.67. The minimum absolute atomic E-state index is 0.0245. The Morgan fingerprint density at radius 1 is 1.07 bits per heavy atom. The lowest BCUT2D eigenvalue weighted by molar-refractivity contribution is -0.138. The van der Waals surface area contributed by atoms with Crippen LogP contribution in [0.1, 0.15) is 45.0 Å². The number of esters is 1. The summed E-state index contributed by atoms with van der Waals surface area (Å²) in [5.41, 5.74) is 1.01. The lowest BCUT2D eigenvalue weighted by Gasteiger charge is -2.30. The maximum absolute atomic E-state index is 12.6. The van der Waals surface area contributed by atoms with Crippen molar-refractivity contribution >= 4 is 23.4 Å². The molecule has 0 spiro atoms. The van der Waals surface area contributed by atoms with E-state index >= 15 is 0 Å². The third kappa shape index (κ3) is 6.20. The summed E-state index contributed by atoms with van der Waals surface area (Å²) in [4.78, 5) is 30.9. The van der Waals surface area contributed by atoms with Crippen molar-refractivity contribution in [3.05, 3.63) is 48.2 Å². The van der Waals surface area contributed by atoms with Gasteiger partial charge in [-0.25, -0.2) is 9.78 Å². The van der Waals surface area contributed by atoms with E-state index in [1.807, 2.05) is 58.9 Å². The van der Waals surface area contributed by atoms with E-state index in [2.05, 4.69) is 10.3 Å². The molecule has 0 aliphatic rings. The number of benzene rings is 1. The highest BCUT2D eigenvalue weighted by Crippen LogP contribution is 2.22. The zero-order chi connectivity index (χ0) is 21.4. The van der Waals surface area contributed by atoms with Crippen molar-refractivity contribution in [1.82, 2.24) is 9.88 Å². The van der Waals surface area contributed by atoms with Crippen molar-refractivity contribution < 1.29 is 19.1 Å². The number of carbonyl (C=O) groups excluding carboxylic acids is 2.